The first-order valence-electron chi connectivity index (χ1n) is 5.93. The number of allylic oxidation sites excluding steroid dienone is 3. The van der Waals surface area contributed by atoms with Crippen molar-refractivity contribution in [1.29, 1.82) is 0 Å². The van der Waals surface area contributed by atoms with Crippen LogP contribution < -0.4 is 0 Å². The van der Waals surface area contributed by atoms with Crippen LogP contribution >= 0.6 is 0 Å². The summed E-state index contributed by atoms with van der Waals surface area (Å²) < 4.78 is 0. The molecule has 0 aromatic heterocycles. The summed E-state index contributed by atoms with van der Waals surface area (Å²) in [5.41, 5.74) is 4.20. The molecule has 2 atom stereocenters. The average molecular weight is 206 g/mol. The van der Waals surface area contributed by atoms with E-state index in [1.807, 2.05) is 0 Å². The van der Waals surface area contributed by atoms with E-state index in [9.17, 15) is 0 Å². The lowest BCUT2D eigenvalue weighted by Gasteiger charge is -2.12. The number of hydrogen-bond donors (Lipinski definition) is 0. The molecule has 2 bridgehead atoms. The molecule has 1 heteroatoms. The molecule has 14 heavy (non-hydrogen) atoms. The molecule has 2 saturated carbocycles. The first kappa shape index (κ1) is 10.2. The van der Waals surface area contributed by atoms with Crippen LogP contribution in [0.25, 0.3) is 0 Å². The average Bonchev–Trinajstić information content (AvgIpc) is 2.62. The van der Waals surface area contributed by atoms with Crippen LogP contribution in [0.15, 0.2) is 23.4 Å². The van der Waals surface area contributed by atoms with Gasteiger partial charge < -0.3 is 0 Å². The summed E-state index contributed by atoms with van der Waals surface area (Å²) >= 11 is 0. The normalized spacial score (nSPS) is 34.9. The zero-order chi connectivity index (χ0) is 10.2. The van der Waals surface area contributed by atoms with E-state index < -0.39 is 8.07 Å². The van der Waals surface area contributed by atoms with Gasteiger partial charge in [0, 0.05) is 0 Å². The van der Waals surface area contributed by atoms with E-state index in [4.69, 9.17) is 0 Å². The molecule has 0 aromatic rings. The monoisotopic (exact) mass is 206 g/mol. The Hall–Kier alpha value is -0.303. The van der Waals surface area contributed by atoms with E-state index in [1.165, 1.54) is 25.7 Å². The fraction of sp³-hybridized carbons (Fsp3) is 0.692. The molecule has 0 heterocycles. The van der Waals surface area contributed by atoms with Crippen molar-refractivity contribution >= 4 is 8.07 Å². The molecule has 0 amide bonds. The van der Waals surface area contributed by atoms with Gasteiger partial charge in [-0.25, -0.2) is 0 Å². The van der Waals surface area contributed by atoms with Crippen LogP contribution in [0.3, 0.4) is 0 Å². The molecular weight excluding hydrogens is 184 g/mol. The van der Waals surface area contributed by atoms with Crippen LogP contribution in [0.5, 0.6) is 0 Å². The SMILES string of the molecule is C[Si](C)(C)/C=C/C=C1/CC2CCC1C2. The van der Waals surface area contributed by atoms with Gasteiger partial charge in [0.05, 0.1) is 8.07 Å². The Morgan fingerprint density at radius 1 is 1.21 bits per heavy atom. The Labute approximate surface area is 89.1 Å². The van der Waals surface area contributed by atoms with E-state index in [-0.39, 0.29) is 0 Å². The Morgan fingerprint density at radius 3 is 2.50 bits per heavy atom. The molecule has 0 radical (unpaired) electrons. The van der Waals surface area contributed by atoms with Crippen molar-refractivity contribution in [1.82, 2.24) is 0 Å². The predicted octanol–water partition coefficient (Wildman–Crippen LogP) is 4.17. The van der Waals surface area contributed by atoms with Gasteiger partial charge in [-0.1, -0.05) is 43.1 Å². The lowest BCUT2D eigenvalue weighted by atomic mass is 9.95. The predicted molar refractivity (Wildman–Crippen MR) is 66.0 cm³/mol. The zero-order valence-corrected chi connectivity index (χ0v) is 10.7. The number of fused-ring (bicyclic) bond motifs is 2. The molecular formula is C13H22Si. The molecule has 2 unspecified atom stereocenters. The summed E-state index contributed by atoms with van der Waals surface area (Å²) in [6, 6.07) is 0. The summed E-state index contributed by atoms with van der Waals surface area (Å²) in [5.74, 6) is 2.01. The molecule has 0 spiro atoms. The van der Waals surface area contributed by atoms with E-state index in [0.29, 0.717) is 0 Å². The van der Waals surface area contributed by atoms with Crippen molar-refractivity contribution in [3.05, 3.63) is 23.4 Å². The van der Waals surface area contributed by atoms with Crippen molar-refractivity contribution in [2.24, 2.45) is 11.8 Å². The van der Waals surface area contributed by atoms with Crippen LogP contribution in [0, 0.1) is 11.8 Å². The fourth-order valence-corrected chi connectivity index (χ4v) is 3.44. The van der Waals surface area contributed by atoms with Crippen LogP contribution in [0.1, 0.15) is 25.7 Å². The molecule has 2 rings (SSSR count). The fourth-order valence-electron chi connectivity index (χ4n) is 2.76. The van der Waals surface area contributed by atoms with E-state index in [0.717, 1.165) is 11.8 Å². The first-order valence-corrected chi connectivity index (χ1v) is 9.50. The van der Waals surface area contributed by atoms with Crippen molar-refractivity contribution in [3.63, 3.8) is 0 Å². The molecule has 2 aliphatic carbocycles. The first-order chi connectivity index (χ1) is 6.54. The summed E-state index contributed by atoms with van der Waals surface area (Å²) in [6.45, 7) is 7.18. The van der Waals surface area contributed by atoms with Crippen LogP contribution in [0.4, 0.5) is 0 Å². The molecule has 78 valence electrons. The molecule has 2 fully saturated rings. The van der Waals surface area contributed by atoms with Gasteiger partial charge in [0.1, 0.15) is 0 Å². The standard InChI is InChI=1S/C13H22Si/c1-14(2,3)8-4-5-12-9-11-6-7-13(12)10-11/h4-5,8,11,13H,6-7,9-10H2,1-3H3/b8-4+,12-5-. The number of rotatable bonds is 2. The third kappa shape index (κ3) is 2.38. The minimum absolute atomic E-state index is 0.964. The van der Waals surface area contributed by atoms with Gasteiger partial charge in [-0.05, 0) is 37.5 Å². The topological polar surface area (TPSA) is 0 Å². The minimum atomic E-state index is -0.975. The lowest BCUT2D eigenvalue weighted by Crippen LogP contribution is -2.15. The Kier molecular flexibility index (Phi) is 2.69. The van der Waals surface area contributed by atoms with Gasteiger partial charge in [0.25, 0.3) is 0 Å². The van der Waals surface area contributed by atoms with Gasteiger partial charge in [-0.2, -0.15) is 0 Å². The highest BCUT2D eigenvalue weighted by molar-refractivity contribution is 6.80. The Morgan fingerprint density at radius 2 is 2.00 bits per heavy atom. The van der Waals surface area contributed by atoms with Crippen molar-refractivity contribution < 1.29 is 0 Å². The van der Waals surface area contributed by atoms with Crippen molar-refractivity contribution in [2.45, 2.75) is 45.3 Å². The van der Waals surface area contributed by atoms with E-state index >= 15 is 0 Å². The Bertz CT molecular complexity index is 267. The molecule has 0 aromatic carbocycles. The quantitative estimate of drug-likeness (QED) is 0.595. The zero-order valence-electron chi connectivity index (χ0n) is 9.72. The molecule has 0 saturated heterocycles. The smallest absolute Gasteiger partial charge is 0.0687 e. The van der Waals surface area contributed by atoms with Gasteiger partial charge >= 0.3 is 0 Å². The second-order valence-electron chi connectivity index (χ2n) is 6.05. The van der Waals surface area contributed by atoms with Crippen LogP contribution in [-0.4, -0.2) is 8.07 Å². The van der Waals surface area contributed by atoms with E-state index in [1.54, 1.807) is 5.57 Å². The summed E-state index contributed by atoms with van der Waals surface area (Å²) in [6.07, 6.45) is 10.6. The third-order valence-electron chi connectivity index (χ3n) is 3.50. The minimum Gasteiger partial charge on any atom is -0.0950 e. The maximum Gasteiger partial charge on any atom is 0.0687 e. The maximum absolute atomic E-state index is 2.45. The second-order valence-corrected chi connectivity index (χ2v) is 11.1. The molecule has 0 N–H and O–H groups in total. The molecule has 0 aliphatic heterocycles. The molecule has 2 aliphatic rings. The summed E-state index contributed by atoms with van der Waals surface area (Å²) in [5, 5.41) is 0. The van der Waals surface area contributed by atoms with Crippen LogP contribution in [0.2, 0.25) is 19.6 Å². The highest BCUT2D eigenvalue weighted by Crippen LogP contribution is 2.47. The third-order valence-corrected chi connectivity index (χ3v) is 4.69. The number of hydrogen-bond acceptors (Lipinski definition) is 0. The second kappa shape index (κ2) is 3.69. The van der Waals surface area contributed by atoms with Gasteiger partial charge in [-0.15, -0.1) is 0 Å². The molecule has 0 nitrogen and oxygen atoms in total. The van der Waals surface area contributed by atoms with Crippen molar-refractivity contribution in [2.75, 3.05) is 0 Å². The van der Waals surface area contributed by atoms with Crippen LogP contribution in [-0.2, 0) is 0 Å². The lowest BCUT2D eigenvalue weighted by molar-refractivity contribution is 0.561. The Balaban J connectivity index is 1.96. The highest BCUT2D eigenvalue weighted by atomic mass is 28.3. The van der Waals surface area contributed by atoms with Gasteiger partial charge in [-0.3, -0.25) is 0 Å². The highest BCUT2D eigenvalue weighted by Gasteiger charge is 2.34. The largest absolute Gasteiger partial charge is 0.0950 e. The van der Waals surface area contributed by atoms with E-state index in [2.05, 4.69) is 37.5 Å². The van der Waals surface area contributed by atoms with Gasteiger partial charge in [0.2, 0.25) is 0 Å². The van der Waals surface area contributed by atoms with Gasteiger partial charge in [0.15, 0.2) is 0 Å². The summed E-state index contributed by atoms with van der Waals surface area (Å²) in [4.78, 5) is 0. The van der Waals surface area contributed by atoms with Crippen molar-refractivity contribution in [3.8, 4) is 0 Å². The summed E-state index contributed by atoms with van der Waals surface area (Å²) in [7, 11) is -0.975. The maximum atomic E-state index is 2.45.